The van der Waals surface area contributed by atoms with Crippen LogP contribution in [0.2, 0.25) is 0 Å². The van der Waals surface area contributed by atoms with Crippen LogP contribution in [0.25, 0.3) is 10.1 Å². The molecule has 0 fully saturated rings. The Morgan fingerprint density at radius 1 is 1.06 bits per heavy atom. The maximum Gasteiger partial charge on any atom is 0.116 e. The van der Waals surface area contributed by atoms with Crippen molar-refractivity contribution in [3.8, 4) is 5.75 Å². The van der Waals surface area contributed by atoms with Crippen LogP contribution < -0.4 is 0 Å². The number of phenolic OH excluding ortho intramolecular Hbond substituents is 1. The SMILES string of the molecule is CC(C)c1sc2ccc(O)cc2c1C(C)C. The van der Waals surface area contributed by atoms with E-state index in [1.165, 1.54) is 20.5 Å². The van der Waals surface area contributed by atoms with Gasteiger partial charge in [-0.1, -0.05) is 27.7 Å². The van der Waals surface area contributed by atoms with Crippen molar-refractivity contribution >= 4 is 21.4 Å². The second-order valence-corrected chi connectivity index (χ2v) is 5.95. The van der Waals surface area contributed by atoms with Crippen LogP contribution in [-0.2, 0) is 0 Å². The van der Waals surface area contributed by atoms with Crippen LogP contribution in [0.5, 0.6) is 5.75 Å². The highest BCUT2D eigenvalue weighted by molar-refractivity contribution is 7.19. The summed E-state index contributed by atoms with van der Waals surface area (Å²) in [6, 6.07) is 5.69. The minimum atomic E-state index is 0.363. The molecule has 0 saturated carbocycles. The summed E-state index contributed by atoms with van der Waals surface area (Å²) in [4.78, 5) is 1.45. The monoisotopic (exact) mass is 234 g/mol. The van der Waals surface area contributed by atoms with E-state index < -0.39 is 0 Å². The van der Waals surface area contributed by atoms with Gasteiger partial charge in [0.25, 0.3) is 0 Å². The van der Waals surface area contributed by atoms with E-state index in [1.54, 1.807) is 6.07 Å². The molecule has 16 heavy (non-hydrogen) atoms. The topological polar surface area (TPSA) is 20.2 Å². The van der Waals surface area contributed by atoms with E-state index in [9.17, 15) is 5.11 Å². The number of hydrogen-bond acceptors (Lipinski definition) is 2. The number of fused-ring (bicyclic) bond motifs is 1. The number of benzene rings is 1. The zero-order valence-corrected chi connectivity index (χ0v) is 11.1. The van der Waals surface area contributed by atoms with E-state index in [-0.39, 0.29) is 0 Å². The number of thiophene rings is 1. The van der Waals surface area contributed by atoms with Gasteiger partial charge in [0, 0.05) is 9.58 Å². The average molecular weight is 234 g/mol. The molecule has 0 bridgehead atoms. The van der Waals surface area contributed by atoms with Crippen LogP contribution in [0.3, 0.4) is 0 Å². The van der Waals surface area contributed by atoms with Gasteiger partial charge in [0.2, 0.25) is 0 Å². The quantitative estimate of drug-likeness (QED) is 0.787. The van der Waals surface area contributed by atoms with Gasteiger partial charge < -0.3 is 5.11 Å². The Labute approximate surface area is 101 Å². The first-order valence-electron chi connectivity index (χ1n) is 5.76. The predicted octanol–water partition coefficient (Wildman–Crippen LogP) is 4.85. The van der Waals surface area contributed by atoms with Crippen LogP contribution in [0, 0.1) is 0 Å². The molecule has 1 aromatic carbocycles. The lowest BCUT2D eigenvalue weighted by Crippen LogP contribution is -1.93. The molecule has 1 nitrogen and oxygen atoms in total. The second kappa shape index (κ2) is 4.10. The van der Waals surface area contributed by atoms with Crippen molar-refractivity contribution in [2.24, 2.45) is 0 Å². The van der Waals surface area contributed by atoms with Crippen molar-refractivity contribution in [3.05, 3.63) is 28.6 Å². The van der Waals surface area contributed by atoms with Gasteiger partial charge in [-0.3, -0.25) is 0 Å². The molecular weight excluding hydrogens is 216 g/mol. The molecule has 0 aliphatic rings. The van der Waals surface area contributed by atoms with Gasteiger partial charge in [-0.05, 0) is 41.0 Å². The first-order valence-corrected chi connectivity index (χ1v) is 6.57. The summed E-state index contributed by atoms with van der Waals surface area (Å²) in [6.45, 7) is 8.90. The van der Waals surface area contributed by atoms with Crippen LogP contribution in [0.15, 0.2) is 18.2 Å². The van der Waals surface area contributed by atoms with Crippen LogP contribution in [0.1, 0.15) is 50.0 Å². The smallest absolute Gasteiger partial charge is 0.116 e. The third kappa shape index (κ3) is 1.82. The summed E-state index contributed by atoms with van der Waals surface area (Å²) in [7, 11) is 0. The fourth-order valence-electron chi connectivity index (χ4n) is 2.15. The molecular formula is C14H18OS. The number of hydrogen-bond donors (Lipinski definition) is 1. The maximum atomic E-state index is 9.59. The van der Waals surface area contributed by atoms with Crippen molar-refractivity contribution in [1.82, 2.24) is 0 Å². The van der Waals surface area contributed by atoms with E-state index in [2.05, 4.69) is 27.7 Å². The van der Waals surface area contributed by atoms with E-state index in [0.29, 0.717) is 17.6 Å². The van der Waals surface area contributed by atoms with Crippen molar-refractivity contribution < 1.29 is 5.11 Å². The predicted molar refractivity (Wildman–Crippen MR) is 71.7 cm³/mol. The van der Waals surface area contributed by atoms with Gasteiger partial charge in [-0.25, -0.2) is 0 Å². The Kier molecular flexibility index (Phi) is 2.94. The van der Waals surface area contributed by atoms with E-state index in [4.69, 9.17) is 0 Å². The number of aromatic hydroxyl groups is 1. The summed E-state index contributed by atoms with van der Waals surface area (Å²) in [6.07, 6.45) is 0. The summed E-state index contributed by atoms with van der Waals surface area (Å²) in [5, 5.41) is 10.8. The molecule has 1 aromatic heterocycles. The Balaban J connectivity index is 2.77. The first-order chi connectivity index (χ1) is 7.50. The van der Waals surface area contributed by atoms with Crippen molar-refractivity contribution in [1.29, 1.82) is 0 Å². The molecule has 2 heteroatoms. The van der Waals surface area contributed by atoms with Gasteiger partial charge >= 0.3 is 0 Å². The van der Waals surface area contributed by atoms with Crippen LogP contribution in [0.4, 0.5) is 0 Å². The Morgan fingerprint density at radius 3 is 2.31 bits per heavy atom. The Bertz CT molecular complexity index is 509. The molecule has 86 valence electrons. The molecule has 0 amide bonds. The van der Waals surface area contributed by atoms with Gasteiger partial charge in [-0.15, -0.1) is 11.3 Å². The second-order valence-electron chi connectivity index (χ2n) is 4.87. The molecule has 1 N–H and O–H groups in total. The number of phenols is 1. The molecule has 0 aliphatic carbocycles. The molecule has 2 aromatic rings. The molecule has 0 radical (unpaired) electrons. The lowest BCUT2D eigenvalue weighted by Gasteiger charge is -2.10. The largest absolute Gasteiger partial charge is 0.508 e. The highest BCUT2D eigenvalue weighted by Gasteiger charge is 2.17. The summed E-state index contributed by atoms with van der Waals surface area (Å²) in [5.41, 5.74) is 1.41. The fourth-order valence-corrected chi connectivity index (χ4v) is 3.49. The fraction of sp³-hybridized carbons (Fsp3) is 0.429. The van der Waals surface area contributed by atoms with E-state index in [0.717, 1.165) is 0 Å². The summed E-state index contributed by atoms with van der Waals surface area (Å²) in [5.74, 6) is 1.42. The summed E-state index contributed by atoms with van der Waals surface area (Å²) < 4.78 is 1.28. The normalized spacial score (nSPS) is 11.9. The minimum Gasteiger partial charge on any atom is -0.508 e. The van der Waals surface area contributed by atoms with Gasteiger partial charge in [0.1, 0.15) is 5.75 Å². The third-order valence-electron chi connectivity index (χ3n) is 2.84. The van der Waals surface area contributed by atoms with E-state index in [1.807, 2.05) is 23.5 Å². The van der Waals surface area contributed by atoms with Crippen LogP contribution >= 0.6 is 11.3 Å². The molecule has 1 heterocycles. The molecule has 2 rings (SSSR count). The zero-order valence-electron chi connectivity index (χ0n) is 10.2. The average Bonchev–Trinajstić information content (AvgIpc) is 2.55. The zero-order chi connectivity index (χ0) is 11.9. The van der Waals surface area contributed by atoms with Gasteiger partial charge in [0.15, 0.2) is 0 Å². The first kappa shape index (κ1) is 11.5. The van der Waals surface area contributed by atoms with Crippen LogP contribution in [-0.4, -0.2) is 5.11 Å². The lowest BCUT2D eigenvalue weighted by molar-refractivity contribution is 0.476. The summed E-state index contributed by atoms with van der Waals surface area (Å²) >= 11 is 1.86. The highest BCUT2D eigenvalue weighted by atomic mass is 32.1. The Morgan fingerprint density at radius 2 is 1.75 bits per heavy atom. The lowest BCUT2D eigenvalue weighted by atomic mass is 9.95. The molecule has 0 spiro atoms. The van der Waals surface area contributed by atoms with Gasteiger partial charge in [-0.2, -0.15) is 0 Å². The third-order valence-corrected chi connectivity index (χ3v) is 4.33. The maximum absolute atomic E-state index is 9.59. The van der Waals surface area contributed by atoms with Crippen molar-refractivity contribution in [2.45, 2.75) is 39.5 Å². The standard InChI is InChI=1S/C14H18OS/c1-8(2)13-11-7-10(15)5-6-12(11)16-14(13)9(3)4/h5-9,15H,1-4H3. The molecule has 0 aliphatic heterocycles. The van der Waals surface area contributed by atoms with Crippen molar-refractivity contribution in [3.63, 3.8) is 0 Å². The molecule has 0 unspecified atom stereocenters. The highest BCUT2D eigenvalue weighted by Crippen LogP contribution is 2.41. The van der Waals surface area contributed by atoms with Crippen molar-refractivity contribution in [2.75, 3.05) is 0 Å². The minimum absolute atomic E-state index is 0.363. The van der Waals surface area contributed by atoms with Gasteiger partial charge in [0.05, 0.1) is 0 Å². The molecule has 0 atom stereocenters. The Hall–Kier alpha value is -1.02. The number of rotatable bonds is 2. The molecule has 0 saturated heterocycles. The van der Waals surface area contributed by atoms with E-state index >= 15 is 0 Å².